The Bertz CT molecular complexity index is 133. The highest BCUT2D eigenvalue weighted by Crippen LogP contribution is 2.36. The summed E-state index contributed by atoms with van der Waals surface area (Å²) in [6.07, 6.45) is 1.21. The molecule has 1 fully saturated rings. The first-order valence-corrected chi connectivity index (χ1v) is 4.89. The standard InChI is InChI=1S/C8H17NS/c1-5-8(4)9-7(2,3)6-10-8/h9H,5-6H2,1-4H3. The van der Waals surface area contributed by atoms with E-state index in [1.54, 1.807) is 0 Å². The summed E-state index contributed by atoms with van der Waals surface area (Å²) in [4.78, 5) is 0.337. The number of rotatable bonds is 1. The van der Waals surface area contributed by atoms with Crippen LogP contribution in [0, 0.1) is 0 Å². The molecule has 0 spiro atoms. The lowest BCUT2D eigenvalue weighted by molar-refractivity contribution is 0.374. The van der Waals surface area contributed by atoms with E-state index in [9.17, 15) is 0 Å². The van der Waals surface area contributed by atoms with E-state index >= 15 is 0 Å². The van der Waals surface area contributed by atoms with Crippen molar-refractivity contribution in [3.05, 3.63) is 0 Å². The lowest BCUT2D eigenvalue weighted by Gasteiger charge is -2.26. The minimum Gasteiger partial charge on any atom is -0.297 e. The lowest BCUT2D eigenvalue weighted by atomic mass is 10.1. The molecule has 1 aliphatic rings. The van der Waals surface area contributed by atoms with E-state index in [2.05, 4.69) is 33.0 Å². The van der Waals surface area contributed by atoms with Crippen molar-refractivity contribution in [3.63, 3.8) is 0 Å². The zero-order chi connectivity index (χ0) is 7.83. The maximum Gasteiger partial charge on any atom is 0.0619 e. The van der Waals surface area contributed by atoms with E-state index in [1.807, 2.05) is 11.8 Å². The summed E-state index contributed by atoms with van der Waals surface area (Å²) in [7, 11) is 0. The maximum atomic E-state index is 3.62. The van der Waals surface area contributed by atoms with E-state index in [-0.39, 0.29) is 0 Å². The second-order valence-electron chi connectivity index (χ2n) is 3.88. The normalized spacial score (nSPS) is 38.4. The Labute approximate surface area is 68.0 Å². The van der Waals surface area contributed by atoms with Gasteiger partial charge >= 0.3 is 0 Å². The molecule has 2 heteroatoms. The van der Waals surface area contributed by atoms with E-state index in [1.165, 1.54) is 12.2 Å². The molecule has 1 rings (SSSR count). The highest BCUT2D eigenvalue weighted by molar-refractivity contribution is 8.00. The average molecular weight is 159 g/mol. The number of thioether (sulfide) groups is 1. The van der Waals surface area contributed by atoms with Gasteiger partial charge in [0, 0.05) is 11.3 Å². The maximum absolute atomic E-state index is 3.62. The fraction of sp³-hybridized carbons (Fsp3) is 1.00. The van der Waals surface area contributed by atoms with Gasteiger partial charge in [0.2, 0.25) is 0 Å². The number of hydrogen-bond donors (Lipinski definition) is 1. The molecule has 1 heterocycles. The van der Waals surface area contributed by atoms with Crippen LogP contribution in [0.15, 0.2) is 0 Å². The third kappa shape index (κ3) is 1.67. The summed E-state index contributed by atoms with van der Waals surface area (Å²) in [6, 6.07) is 0. The van der Waals surface area contributed by atoms with Crippen LogP contribution in [0.25, 0.3) is 0 Å². The Hall–Kier alpha value is 0.310. The molecule has 0 bridgehead atoms. The minimum absolute atomic E-state index is 0.337. The van der Waals surface area contributed by atoms with Gasteiger partial charge in [-0.3, -0.25) is 5.32 Å². The first-order valence-electron chi connectivity index (χ1n) is 3.91. The van der Waals surface area contributed by atoms with Crippen molar-refractivity contribution in [1.82, 2.24) is 5.32 Å². The van der Waals surface area contributed by atoms with Crippen molar-refractivity contribution in [2.24, 2.45) is 0 Å². The van der Waals surface area contributed by atoms with Gasteiger partial charge in [-0.15, -0.1) is 11.8 Å². The molecule has 0 aromatic rings. The Balaban J connectivity index is 2.57. The Morgan fingerprint density at radius 3 is 2.20 bits per heavy atom. The second kappa shape index (κ2) is 2.42. The van der Waals surface area contributed by atoms with E-state index in [0.717, 1.165) is 0 Å². The van der Waals surface area contributed by atoms with Crippen molar-refractivity contribution in [3.8, 4) is 0 Å². The molecule has 0 amide bonds. The monoisotopic (exact) mass is 159 g/mol. The highest BCUT2D eigenvalue weighted by atomic mass is 32.2. The molecule has 1 atom stereocenters. The SMILES string of the molecule is CCC1(C)NC(C)(C)CS1. The van der Waals surface area contributed by atoms with E-state index < -0.39 is 0 Å². The molecule has 0 aliphatic carbocycles. The molecular weight excluding hydrogens is 142 g/mol. The predicted octanol–water partition coefficient (Wildman–Crippen LogP) is 2.23. The smallest absolute Gasteiger partial charge is 0.0619 e. The van der Waals surface area contributed by atoms with Gasteiger partial charge in [-0.25, -0.2) is 0 Å². The zero-order valence-electron chi connectivity index (χ0n) is 7.32. The summed E-state index contributed by atoms with van der Waals surface area (Å²) in [5, 5.41) is 3.62. The molecule has 10 heavy (non-hydrogen) atoms. The second-order valence-corrected chi connectivity index (χ2v) is 5.36. The van der Waals surface area contributed by atoms with Gasteiger partial charge in [0.15, 0.2) is 0 Å². The van der Waals surface area contributed by atoms with Crippen LogP contribution in [-0.4, -0.2) is 16.2 Å². The Morgan fingerprint density at radius 1 is 1.40 bits per heavy atom. The lowest BCUT2D eigenvalue weighted by Crippen LogP contribution is -2.44. The van der Waals surface area contributed by atoms with Crippen molar-refractivity contribution in [1.29, 1.82) is 0 Å². The Morgan fingerprint density at radius 2 is 2.00 bits per heavy atom. The van der Waals surface area contributed by atoms with Gasteiger partial charge in [-0.1, -0.05) is 6.92 Å². The van der Waals surface area contributed by atoms with E-state index in [0.29, 0.717) is 10.4 Å². The molecule has 0 aromatic heterocycles. The van der Waals surface area contributed by atoms with Gasteiger partial charge in [-0.05, 0) is 27.2 Å². The fourth-order valence-corrected chi connectivity index (χ4v) is 2.62. The molecule has 0 radical (unpaired) electrons. The summed E-state index contributed by atoms with van der Waals surface area (Å²) in [5.41, 5.74) is 0.343. The van der Waals surface area contributed by atoms with Crippen LogP contribution < -0.4 is 5.32 Å². The molecule has 1 aliphatic heterocycles. The summed E-state index contributed by atoms with van der Waals surface area (Å²) in [5.74, 6) is 1.23. The van der Waals surface area contributed by atoms with Gasteiger partial charge < -0.3 is 0 Å². The average Bonchev–Trinajstić information content (AvgIpc) is 2.08. The Kier molecular flexibility index (Phi) is 2.03. The molecule has 1 unspecified atom stereocenters. The third-order valence-corrected chi connectivity index (χ3v) is 3.92. The van der Waals surface area contributed by atoms with Crippen molar-refractivity contribution < 1.29 is 0 Å². The molecule has 1 N–H and O–H groups in total. The van der Waals surface area contributed by atoms with Gasteiger partial charge in [0.05, 0.1) is 4.87 Å². The quantitative estimate of drug-likeness (QED) is 0.629. The number of hydrogen-bond acceptors (Lipinski definition) is 2. The minimum atomic E-state index is 0.337. The van der Waals surface area contributed by atoms with Crippen LogP contribution in [-0.2, 0) is 0 Å². The van der Waals surface area contributed by atoms with Crippen LogP contribution in [0.4, 0.5) is 0 Å². The molecule has 1 nitrogen and oxygen atoms in total. The zero-order valence-corrected chi connectivity index (χ0v) is 8.14. The van der Waals surface area contributed by atoms with Crippen molar-refractivity contribution >= 4 is 11.8 Å². The van der Waals surface area contributed by atoms with E-state index in [4.69, 9.17) is 0 Å². The summed E-state index contributed by atoms with van der Waals surface area (Å²) >= 11 is 2.04. The topological polar surface area (TPSA) is 12.0 Å². The van der Waals surface area contributed by atoms with Gasteiger partial charge in [-0.2, -0.15) is 0 Å². The molecule has 0 saturated carbocycles. The van der Waals surface area contributed by atoms with Gasteiger partial charge in [0.25, 0.3) is 0 Å². The van der Waals surface area contributed by atoms with Crippen LogP contribution >= 0.6 is 11.8 Å². The van der Waals surface area contributed by atoms with Crippen LogP contribution in [0.1, 0.15) is 34.1 Å². The molecule has 1 saturated heterocycles. The summed E-state index contributed by atoms with van der Waals surface area (Å²) in [6.45, 7) is 9.05. The molecule has 60 valence electrons. The number of nitrogens with one attached hydrogen (secondary N) is 1. The van der Waals surface area contributed by atoms with Crippen molar-refractivity contribution in [2.45, 2.75) is 44.5 Å². The van der Waals surface area contributed by atoms with Gasteiger partial charge in [0.1, 0.15) is 0 Å². The summed E-state index contributed by atoms with van der Waals surface area (Å²) < 4.78 is 0. The van der Waals surface area contributed by atoms with Crippen LogP contribution in [0.2, 0.25) is 0 Å². The third-order valence-electron chi connectivity index (χ3n) is 2.03. The largest absolute Gasteiger partial charge is 0.297 e. The van der Waals surface area contributed by atoms with Crippen molar-refractivity contribution in [2.75, 3.05) is 5.75 Å². The van der Waals surface area contributed by atoms with Crippen LogP contribution in [0.3, 0.4) is 0 Å². The fourth-order valence-electron chi connectivity index (χ4n) is 1.32. The first kappa shape index (κ1) is 8.41. The molecule has 0 aromatic carbocycles. The molecular formula is C8H17NS. The predicted molar refractivity (Wildman–Crippen MR) is 48.4 cm³/mol. The highest BCUT2D eigenvalue weighted by Gasteiger charge is 2.37. The first-order chi connectivity index (χ1) is 4.47. The van der Waals surface area contributed by atoms with Crippen LogP contribution in [0.5, 0.6) is 0 Å².